The number of methoxy groups -OCH3 is 1. The number of ether oxygens (including phenoxy) is 2. The van der Waals surface area contributed by atoms with Crippen LogP contribution in [0, 0.1) is 0 Å². The van der Waals surface area contributed by atoms with Gasteiger partial charge in [-0.15, -0.1) is 0 Å². The molecular weight excluding hydrogens is 295 g/mol. The number of nitrogens with two attached hydrogens (primary N) is 1. The first-order chi connectivity index (χ1) is 10.4. The van der Waals surface area contributed by atoms with E-state index in [0.29, 0.717) is 23.7 Å². The maximum absolute atomic E-state index is 12.9. The van der Waals surface area contributed by atoms with Crippen LogP contribution in [0.2, 0.25) is 0 Å². The van der Waals surface area contributed by atoms with Gasteiger partial charge in [-0.3, -0.25) is 0 Å². The van der Waals surface area contributed by atoms with Crippen LogP contribution in [0.5, 0.6) is 11.5 Å². The van der Waals surface area contributed by atoms with Crippen LogP contribution in [-0.2, 0) is 6.18 Å². The Labute approximate surface area is 126 Å². The van der Waals surface area contributed by atoms with Gasteiger partial charge < -0.3 is 15.2 Å². The van der Waals surface area contributed by atoms with Crippen molar-refractivity contribution < 1.29 is 22.6 Å². The average molecular weight is 311 g/mol. The molecule has 2 aromatic carbocycles. The molecule has 0 fully saturated rings. The Morgan fingerprint density at radius 3 is 2.41 bits per heavy atom. The van der Waals surface area contributed by atoms with E-state index in [1.54, 1.807) is 18.2 Å². The molecule has 0 bridgehead atoms. The molecule has 0 atom stereocenters. The molecule has 2 aromatic rings. The fourth-order valence-corrected chi connectivity index (χ4v) is 2.17. The highest BCUT2D eigenvalue weighted by Crippen LogP contribution is 2.42. The Hall–Kier alpha value is -2.37. The molecule has 0 aliphatic rings. The van der Waals surface area contributed by atoms with Gasteiger partial charge in [0.1, 0.15) is 0 Å². The third kappa shape index (κ3) is 3.10. The van der Waals surface area contributed by atoms with Gasteiger partial charge in [0.15, 0.2) is 11.5 Å². The van der Waals surface area contributed by atoms with Crippen molar-refractivity contribution >= 4 is 5.69 Å². The van der Waals surface area contributed by atoms with Crippen LogP contribution in [0.15, 0.2) is 36.4 Å². The van der Waals surface area contributed by atoms with E-state index in [2.05, 4.69) is 0 Å². The minimum absolute atomic E-state index is 0.236. The number of rotatable bonds is 4. The Kier molecular flexibility index (Phi) is 4.49. The van der Waals surface area contributed by atoms with Gasteiger partial charge in [-0.05, 0) is 31.2 Å². The van der Waals surface area contributed by atoms with E-state index in [4.69, 9.17) is 15.2 Å². The summed E-state index contributed by atoms with van der Waals surface area (Å²) in [4.78, 5) is 0. The van der Waals surface area contributed by atoms with Crippen molar-refractivity contribution in [2.75, 3.05) is 19.5 Å². The summed E-state index contributed by atoms with van der Waals surface area (Å²) >= 11 is 0. The van der Waals surface area contributed by atoms with Crippen molar-refractivity contribution in [3.05, 3.63) is 42.0 Å². The summed E-state index contributed by atoms with van der Waals surface area (Å²) in [6.07, 6.45) is -4.44. The minimum Gasteiger partial charge on any atom is -0.492 e. The number of benzene rings is 2. The van der Waals surface area contributed by atoms with Gasteiger partial charge >= 0.3 is 6.18 Å². The van der Waals surface area contributed by atoms with Crippen molar-refractivity contribution in [1.82, 2.24) is 0 Å². The lowest BCUT2D eigenvalue weighted by Gasteiger charge is -2.16. The Balaban J connectivity index is 2.63. The Bertz CT molecular complexity index is 669. The number of anilines is 1. The average Bonchev–Trinajstić information content (AvgIpc) is 2.46. The Morgan fingerprint density at radius 1 is 1.09 bits per heavy atom. The fraction of sp³-hybridized carbons (Fsp3) is 0.250. The molecule has 2 rings (SSSR count). The zero-order valence-corrected chi connectivity index (χ0v) is 12.2. The summed E-state index contributed by atoms with van der Waals surface area (Å²) in [5, 5.41) is 0. The van der Waals surface area contributed by atoms with Gasteiger partial charge in [0.2, 0.25) is 0 Å². The van der Waals surface area contributed by atoms with E-state index in [9.17, 15) is 13.2 Å². The number of alkyl halides is 3. The Morgan fingerprint density at radius 2 is 1.82 bits per heavy atom. The molecule has 0 amide bonds. The van der Waals surface area contributed by atoms with E-state index in [1.165, 1.54) is 13.2 Å². The standard InChI is InChI=1S/C16H16F3NO2/c1-3-22-14-6-4-5-11(15(14)21-2)12-9-10(16(17,18)19)7-8-13(12)20/h4-9H,3,20H2,1-2H3. The molecule has 0 spiro atoms. The molecule has 22 heavy (non-hydrogen) atoms. The molecule has 3 nitrogen and oxygen atoms in total. The lowest BCUT2D eigenvalue weighted by molar-refractivity contribution is -0.137. The maximum atomic E-state index is 12.9. The minimum atomic E-state index is -4.44. The van der Waals surface area contributed by atoms with Crippen molar-refractivity contribution in [3.63, 3.8) is 0 Å². The van der Waals surface area contributed by atoms with E-state index >= 15 is 0 Å². The van der Waals surface area contributed by atoms with E-state index < -0.39 is 11.7 Å². The largest absolute Gasteiger partial charge is 0.492 e. The monoisotopic (exact) mass is 311 g/mol. The van der Waals surface area contributed by atoms with Crippen LogP contribution >= 0.6 is 0 Å². The molecule has 0 aliphatic heterocycles. The van der Waals surface area contributed by atoms with Crippen LogP contribution in [0.1, 0.15) is 12.5 Å². The summed E-state index contributed by atoms with van der Waals surface area (Å²) < 4.78 is 49.4. The van der Waals surface area contributed by atoms with Gasteiger partial charge in [-0.25, -0.2) is 0 Å². The molecule has 0 aliphatic carbocycles. The van der Waals surface area contributed by atoms with Gasteiger partial charge in [0, 0.05) is 16.8 Å². The highest BCUT2D eigenvalue weighted by Gasteiger charge is 2.31. The van der Waals surface area contributed by atoms with Gasteiger partial charge in [-0.2, -0.15) is 13.2 Å². The number of nitrogen functional groups attached to an aromatic ring is 1. The normalized spacial score (nSPS) is 11.3. The molecule has 2 N–H and O–H groups in total. The molecule has 118 valence electrons. The molecule has 0 saturated carbocycles. The molecule has 0 aromatic heterocycles. The van der Waals surface area contributed by atoms with E-state index in [1.807, 2.05) is 6.92 Å². The smallest absolute Gasteiger partial charge is 0.416 e. The van der Waals surface area contributed by atoms with Crippen molar-refractivity contribution in [2.45, 2.75) is 13.1 Å². The second kappa shape index (κ2) is 6.17. The third-order valence-corrected chi connectivity index (χ3v) is 3.15. The van der Waals surface area contributed by atoms with Gasteiger partial charge in [0.05, 0.1) is 19.3 Å². The predicted octanol–water partition coefficient (Wildman–Crippen LogP) is 4.36. The van der Waals surface area contributed by atoms with Crippen molar-refractivity contribution in [3.8, 4) is 22.6 Å². The summed E-state index contributed by atoms with van der Waals surface area (Å²) in [6.45, 7) is 2.22. The van der Waals surface area contributed by atoms with E-state index in [-0.39, 0.29) is 11.3 Å². The SMILES string of the molecule is CCOc1cccc(-c2cc(C(F)(F)F)ccc2N)c1OC. The molecule has 6 heteroatoms. The topological polar surface area (TPSA) is 44.5 Å². The zero-order chi connectivity index (χ0) is 16.3. The van der Waals surface area contributed by atoms with E-state index in [0.717, 1.165) is 12.1 Å². The summed E-state index contributed by atoms with van der Waals surface area (Å²) in [5.41, 5.74) is 6.03. The van der Waals surface area contributed by atoms with Crippen molar-refractivity contribution in [2.24, 2.45) is 0 Å². The highest BCUT2D eigenvalue weighted by molar-refractivity contribution is 5.82. The predicted molar refractivity (Wildman–Crippen MR) is 79.0 cm³/mol. The number of hydrogen-bond donors (Lipinski definition) is 1. The summed E-state index contributed by atoms with van der Waals surface area (Å²) in [7, 11) is 1.44. The molecule has 0 unspecified atom stereocenters. The van der Waals surface area contributed by atoms with Gasteiger partial charge in [0.25, 0.3) is 0 Å². The summed E-state index contributed by atoms with van der Waals surface area (Å²) in [6, 6.07) is 8.23. The van der Waals surface area contributed by atoms with Crippen LogP contribution < -0.4 is 15.2 Å². The first-order valence-electron chi connectivity index (χ1n) is 6.65. The first kappa shape index (κ1) is 16.0. The van der Waals surface area contributed by atoms with Crippen LogP contribution in [0.3, 0.4) is 0 Å². The quantitative estimate of drug-likeness (QED) is 0.853. The van der Waals surface area contributed by atoms with Crippen molar-refractivity contribution in [1.29, 1.82) is 0 Å². The van der Waals surface area contributed by atoms with Crippen LogP contribution in [0.25, 0.3) is 11.1 Å². The number of hydrogen-bond acceptors (Lipinski definition) is 3. The second-order valence-electron chi connectivity index (χ2n) is 4.57. The highest BCUT2D eigenvalue weighted by atomic mass is 19.4. The third-order valence-electron chi connectivity index (χ3n) is 3.15. The number of halogens is 3. The molecule has 0 heterocycles. The first-order valence-corrected chi connectivity index (χ1v) is 6.65. The lowest BCUT2D eigenvalue weighted by Crippen LogP contribution is -2.06. The molecular formula is C16H16F3NO2. The number of para-hydroxylation sites is 1. The van der Waals surface area contributed by atoms with Crippen LogP contribution in [-0.4, -0.2) is 13.7 Å². The molecule has 0 radical (unpaired) electrons. The fourth-order valence-electron chi connectivity index (χ4n) is 2.17. The molecule has 0 saturated heterocycles. The maximum Gasteiger partial charge on any atom is 0.416 e. The second-order valence-corrected chi connectivity index (χ2v) is 4.57. The zero-order valence-electron chi connectivity index (χ0n) is 12.2. The lowest BCUT2D eigenvalue weighted by atomic mass is 9.99. The van der Waals surface area contributed by atoms with Gasteiger partial charge in [-0.1, -0.05) is 12.1 Å². The summed E-state index contributed by atoms with van der Waals surface area (Å²) in [5.74, 6) is 0.815. The van der Waals surface area contributed by atoms with Crippen LogP contribution in [0.4, 0.5) is 18.9 Å².